The second kappa shape index (κ2) is 6.51. The van der Waals surface area contributed by atoms with Crippen LogP contribution in [0.25, 0.3) is 0 Å². The van der Waals surface area contributed by atoms with Gasteiger partial charge in [0.2, 0.25) is 0 Å². The number of benzene rings is 1. The molecule has 0 aromatic heterocycles. The minimum atomic E-state index is 0.320. The van der Waals surface area contributed by atoms with Crippen LogP contribution in [0.3, 0.4) is 0 Å². The van der Waals surface area contributed by atoms with Crippen LogP contribution in [0.15, 0.2) is 18.2 Å². The molecule has 1 aromatic rings. The number of methoxy groups -OCH3 is 1. The molecule has 1 aromatic carbocycles. The van der Waals surface area contributed by atoms with Crippen molar-refractivity contribution in [3.63, 3.8) is 0 Å². The maximum atomic E-state index is 6.22. The van der Waals surface area contributed by atoms with Crippen molar-refractivity contribution in [1.82, 2.24) is 0 Å². The van der Waals surface area contributed by atoms with E-state index in [4.69, 9.17) is 16.3 Å². The Labute approximate surface area is 111 Å². The van der Waals surface area contributed by atoms with Crippen molar-refractivity contribution < 1.29 is 4.74 Å². The van der Waals surface area contributed by atoms with E-state index in [0.717, 1.165) is 22.8 Å². The third-order valence-electron chi connectivity index (χ3n) is 2.85. The summed E-state index contributed by atoms with van der Waals surface area (Å²) in [4.78, 5) is 0.320. The fourth-order valence-electron chi connectivity index (χ4n) is 1.54. The molecule has 0 amide bonds. The highest BCUT2D eigenvalue weighted by Crippen LogP contribution is 2.36. The molecule has 90 valence electrons. The fraction of sp³-hybridized carbons (Fsp3) is 0.538. The highest BCUT2D eigenvalue weighted by atomic mass is 79.9. The van der Waals surface area contributed by atoms with Gasteiger partial charge in [-0.2, -0.15) is 0 Å². The zero-order valence-electron chi connectivity index (χ0n) is 9.97. The van der Waals surface area contributed by atoms with Crippen molar-refractivity contribution in [3.8, 4) is 5.75 Å². The van der Waals surface area contributed by atoms with Crippen LogP contribution in [-0.4, -0.2) is 7.11 Å². The predicted octanol–water partition coefficient (Wildman–Crippen LogP) is 5.22. The van der Waals surface area contributed by atoms with Crippen molar-refractivity contribution >= 4 is 27.5 Å². The first kappa shape index (κ1) is 13.9. The molecule has 0 saturated carbocycles. The van der Waals surface area contributed by atoms with Crippen molar-refractivity contribution in [3.05, 3.63) is 28.8 Å². The molecule has 0 radical (unpaired) electrons. The van der Waals surface area contributed by atoms with E-state index < -0.39 is 0 Å². The van der Waals surface area contributed by atoms with Gasteiger partial charge in [0.1, 0.15) is 5.75 Å². The van der Waals surface area contributed by atoms with Crippen molar-refractivity contribution in [1.29, 1.82) is 0 Å². The van der Waals surface area contributed by atoms with Crippen LogP contribution in [0.4, 0.5) is 0 Å². The Morgan fingerprint density at radius 2 is 2.12 bits per heavy atom. The minimum Gasteiger partial charge on any atom is -0.497 e. The molecule has 16 heavy (non-hydrogen) atoms. The Morgan fingerprint density at radius 3 is 2.62 bits per heavy atom. The SMILES string of the molecule is CCC(C)CC(Br)c1ccc(OC)cc1Cl. The summed E-state index contributed by atoms with van der Waals surface area (Å²) < 4.78 is 5.13. The summed E-state index contributed by atoms with van der Waals surface area (Å²) in [6, 6.07) is 5.84. The van der Waals surface area contributed by atoms with Gasteiger partial charge < -0.3 is 4.74 Å². The van der Waals surface area contributed by atoms with E-state index in [-0.39, 0.29) is 0 Å². The van der Waals surface area contributed by atoms with Crippen LogP contribution < -0.4 is 4.74 Å². The van der Waals surface area contributed by atoms with Gasteiger partial charge in [-0.25, -0.2) is 0 Å². The first-order chi connectivity index (χ1) is 7.58. The summed E-state index contributed by atoms with van der Waals surface area (Å²) in [5.41, 5.74) is 1.14. The van der Waals surface area contributed by atoms with Gasteiger partial charge in [0, 0.05) is 9.85 Å². The Morgan fingerprint density at radius 1 is 1.44 bits per heavy atom. The molecular weight excluding hydrogens is 287 g/mol. The summed E-state index contributed by atoms with van der Waals surface area (Å²) in [6.45, 7) is 4.46. The van der Waals surface area contributed by atoms with Gasteiger partial charge in [-0.15, -0.1) is 0 Å². The van der Waals surface area contributed by atoms with Crippen molar-refractivity contribution in [2.45, 2.75) is 31.5 Å². The van der Waals surface area contributed by atoms with Crippen LogP contribution in [0.2, 0.25) is 5.02 Å². The normalized spacial score (nSPS) is 14.6. The largest absolute Gasteiger partial charge is 0.497 e. The monoisotopic (exact) mass is 304 g/mol. The van der Waals surface area contributed by atoms with E-state index >= 15 is 0 Å². The standard InChI is InChI=1S/C13H18BrClO/c1-4-9(2)7-12(14)11-6-5-10(16-3)8-13(11)15/h5-6,8-9,12H,4,7H2,1-3H3. The van der Waals surface area contributed by atoms with Crippen LogP contribution >= 0.6 is 27.5 Å². The van der Waals surface area contributed by atoms with Crippen molar-refractivity contribution in [2.75, 3.05) is 7.11 Å². The zero-order chi connectivity index (χ0) is 12.1. The third kappa shape index (κ3) is 3.67. The lowest BCUT2D eigenvalue weighted by molar-refractivity contribution is 0.414. The average molecular weight is 306 g/mol. The molecule has 0 fully saturated rings. The molecule has 0 aliphatic heterocycles. The molecule has 2 unspecified atom stereocenters. The maximum Gasteiger partial charge on any atom is 0.120 e. The molecule has 0 aliphatic rings. The summed E-state index contributed by atoms with van der Waals surface area (Å²) in [5, 5.41) is 0.768. The van der Waals surface area contributed by atoms with Crippen LogP contribution in [0.1, 0.15) is 37.1 Å². The zero-order valence-corrected chi connectivity index (χ0v) is 12.3. The quantitative estimate of drug-likeness (QED) is 0.678. The number of ether oxygens (including phenoxy) is 1. The molecule has 1 nitrogen and oxygen atoms in total. The number of alkyl halides is 1. The molecule has 3 heteroatoms. The lowest BCUT2D eigenvalue weighted by Gasteiger charge is -2.16. The highest BCUT2D eigenvalue weighted by Gasteiger charge is 2.14. The van der Waals surface area contributed by atoms with E-state index in [1.807, 2.05) is 18.2 Å². The number of rotatable bonds is 5. The van der Waals surface area contributed by atoms with E-state index in [0.29, 0.717) is 10.7 Å². The molecular formula is C13H18BrClO. The van der Waals surface area contributed by atoms with E-state index in [1.165, 1.54) is 6.42 Å². The molecule has 2 atom stereocenters. The van der Waals surface area contributed by atoms with E-state index in [1.54, 1.807) is 7.11 Å². The Hall–Kier alpha value is -0.210. The van der Waals surface area contributed by atoms with Gasteiger partial charge in [0.15, 0.2) is 0 Å². The lowest BCUT2D eigenvalue weighted by atomic mass is 9.99. The summed E-state index contributed by atoms with van der Waals surface area (Å²) in [7, 11) is 1.65. The van der Waals surface area contributed by atoms with Gasteiger partial charge in [-0.3, -0.25) is 0 Å². The van der Waals surface area contributed by atoms with Crippen LogP contribution in [0.5, 0.6) is 5.75 Å². The summed E-state index contributed by atoms with van der Waals surface area (Å²) >= 11 is 9.92. The van der Waals surface area contributed by atoms with Gasteiger partial charge in [0.05, 0.1) is 7.11 Å². The Kier molecular flexibility index (Phi) is 5.63. The topological polar surface area (TPSA) is 9.23 Å². The Balaban J connectivity index is 2.79. The van der Waals surface area contributed by atoms with Gasteiger partial charge >= 0.3 is 0 Å². The third-order valence-corrected chi connectivity index (χ3v) is 4.05. The first-order valence-corrected chi connectivity index (χ1v) is 6.85. The lowest BCUT2D eigenvalue weighted by Crippen LogP contribution is -1.99. The summed E-state index contributed by atoms with van der Waals surface area (Å²) in [6.07, 6.45) is 2.29. The molecule has 0 saturated heterocycles. The number of halogens is 2. The van der Waals surface area contributed by atoms with Crippen molar-refractivity contribution in [2.24, 2.45) is 5.92 Å². The first-order valence-electron chi connectivity index (χ1n) is 5.56. The fourth-order valence-corrected chi connectivity index (χ4v) is 3.01. The second-order valence-corrected chi connectivity index (χ2v) is 5.62. The maximum absolute atomic E-state index is 6.22. The minimum absolute atomic E-state index is 0.320. The number of hydrogen-bond acceptors (Lipinski definition) is 1. The average Bonchev–Trinajstić information content (AvgIpc) is 2.28. The van der Waals surface area contributed by atoms with E-state index in [2.05, 4.69) is 29.8 Å². The molecule has 0 heterocycles. The highest BCUT2D eigenvalue weighted by molar-refractivity contribution is 9.09. The smallest absolute Gasteiger partial charge is 0.120 e. The molecule has 0 N–H and O–H groups in total. The van der Waals surface area contributed by atoms with Gasteiger partial charge in [-0.1, -0.05) is 53.9 Å². The summed E-state index contributed by atoms with van der Waals surface area (Å²) in [5.74, 6) is 1.50. The molecule has 0 bridgehead atoms. The van der Waals surface area contributed by atoms with E-state index in [9.17, 15) is 0 Å². The van der Waals surface area contributed by atoms with Crippen LogP contribution in [-0.2, 0) is 0 Å². The molecule has 0 spiro atoms. The predicted molar refractivity (Wildman–Crippen MR) is 73.7 cm³/mol. The van der Waals surface area contributed by atoms with Gasteiger partial charge in [0.25, 0.3) is 0 Å². The Bertz CT molecular complexity index is 341. The molecule has 1 rings (SSSR count). The van der Waals surface area contributed by atoms with Gasteiger partial charge in [-0.05, 0) is 30.0 Å². The second-order valence-electron chi connectivity index (χ2n) is 4.10. The molecule has 0 aliphatic carbocycles. The van der Waals surface area contributed by atoms with Crippen LogP contribution in [0, 0.1) is 5.92 Å². The number of hydrogen-bond donors (Lipinski definition) is 0.